The fourth-order valence-electron chi connectivity index (χ4n) is 2.42. The average Bonchev–Trinajstić information content (AvgIpc) is 2.85. The molecule has 0 saturated carbocycles. The van der Waals surface area contributed by atoms with Crippen molar-refractivity contribution in [2.75, 3.05) is 7.11 Å². The van der Waals surface area contributed by atoms with Gasteiger partial charge in [-0.05, 0) is 31.2 Å². The van der Waals surface area contributed by atoms with Gasteiger partial charge >= 0.3 is 0 Å². The highest BCUT2D eigenvalue weighted by Crippen LogP contribution is 2.31. The van der Waals surface area contributed by atoms with Gasteiger partial charge in [-0.25, -0.2) is 0 Å². The molecule has 2 aromatic carbocycles. The summed E-state index contributed by atoms with van der Waals surface area (Å²) in [6, 6.07) is 16.1. The van der Waals surface area contributed by atoms with E-state index in [2.05, 4.69) is 11.1 Å². The van der Waals surface area contributed by atoms with Crippen molar-refractivity contribution in [3.8, 4) is 23.1 Å². The standard InChI is InChI=1S/C17H14N2O/c1-11-6-7-16-14(8-11)15(10-18)17(19-16)12-4-3-5-13(9-12)20-2/h3-9,19H,1-2H3. The quantitative estimate of drug-likeness (QED) is 0.758. The van der Waals surface area contributed by atoms with Crippen LogP contribution in [0, 0.1) is 18.3 Å². The van der Waals surface area contributed by atoms with Gasteiger partial charge in [0.25, 0.3) is 0 Å². The van der Waals surface area contributed by atoms with Crippen molar-refractivity contribution in [3.05, 3.63) is 53.6 Å². The molecule has 0 spiro atoms. The summed E-state index contributed by atoms with van der Waals surface area (Å²) in [4.78, 5) is 3.33. The smallest absolute Gasteiger partial charge is 0.119 e. The molecule has 0 aliphatic heterocycles. The maximum atomic E-state index is 9.48. The molecule has 0 saturated heterocycles. The topological polar surface area (TPSA) is 48.8 Å². The van der Waals surface area contributed by atoms with Gasteiger partial charge in [0, 0.05) is 16.5 Å². The van der Waals surface area contributed by atoms with Crippen LogP contribution in [-0.4, -0.2) is 12.1 Å². The van der Waals surface area contributed by atoms with Crippen LogP contribution in [0.25, 0.3) is 22.2 Å². The second kappa shape index (κ2) is 4.75. The number of nitriles is 1. The summed E-state index contributed by atoms with van der Waals surface area (Å²) in [6.07, 6.45) is 0. The van der Waals surface area contributed by atoms with E-state index in [9.17, 15) is 5.26 Å². The zero-order valence-corrected chi connectivity index (χ0v) is 11.4. The second-order valence-electron chi connectivity index (χ2n) is 4.77. The minimum atomic E-state index is 0.678. The largest absolute Gasteiger partial charge is 0.497 e. The summed E-state index contributed by atoms with van der Waals surface area (Å²) in [7, 11) is 1.64. The maximum Gasteiger partial charge on any atom is 0.119 e. The molecule has 0 atom stereocenters. The van der Waals surface area contributed by atoms with Crippen molar-refractivity contribution in [1.29, 1.82) is 5.26 Å². The van der Waals surface area contributed by atoms with Gasteiger partial charge < -0.3 is 9.72 Å². The number of aromatic amines is 1. The predicted molar refractivity (Wildman–Crippen MR) is 79.7 cm³/mol. The van der Waals surface area contributed by atoms with Crippen LogP contribution in [0.5, 0.6) is 5.75 Å². The summed E-state index contributed by atoms with van der Waals surface area (Å²) >= 11 is 0. The van der Waals surface area contributed by atoms with Crippen molar-refractivity contribution >= 4 is 10.9 Å². The number of benzene rings is 2. The van der Waals surface area contributed by atoms with Crippen LogP contribution in [0.1, 0.15) is 11.1 Å². The van der Waals surface area contributed by atoms with Crippen LogP contribution in [0.4, 0.5) is 0 Å². The number of aromatic nitrogens is 1. The lowest BCUT2D eigenvalue weighted by Crippen LogP contribution is -1.85. The Hall–Kier alpha value is -2.73. The van der Waals surface area contributed by atoms with E-state index in [0.29, 0.717) is 5.56 Å². The molecule has 3 nitrogen and oxygen atoms in total. The Bertz CT molecular complexity index is 825. The molecule has 0 radical (unpaired) electrons. The molecule has 3 aromatic rings. The first-order chi connectivity index (χ1) is 9.72. The number of H-pyrrole nitrogens is 1. The highest BCUT2D eigenvalue weighted by Gasteiger charge is 2.13. The van der Waals surface area contributed by atoms with Gasteiger partial charge in [0.05, 0.1) is 18.4 Å². The predicted octanol–water partition coefficient (Wildman–Crippen LogP) is 4.02. The maximum absolute atomic E-state index is 9.48. The molecular weight excluding hydrogens is 248 g/mol. The minimum Gasteiger partial charge on any atom is -0.497 e. The lowest BCUT2D eigenvalue weighted by Gasteiger charge is -2.03. The molecule has 1 heterocycles. The van der Waals surface area contributed by atoms with Crippen LogP contribution >= 0.6 is 0 Å². The molecule has 0 aliphatic rings. The molecule has 0 bridgehead atoms. The van der Waals surface area contributed by atoms with Crippen molar-refractivity contribution in [3.63, 3.8) is 0 Å². The van der Waals surface area contributed by atoms with E-state index in [1.165, 1.54) is 0 Å². The highest BCUT2D eigenvalue weighted by atomic mass is 16.5. The fraction of sp³-hybridized carbons (Fsp3) is 0.118. The van der Waals surface area contributed by atoms with Gasteiger partial charge in [-0.3, -0.25) is 0 Å². The minimum absolute atomic E-state index is 0.678. The third-order valence-electron chi connectivity index (χ3n) is 3.42. The zero-order chi connectivity index (χ0) is 14.1. The van der Waals surface area contributed by atoms with Crippen molar-refractivity contribution in [1.82, 2.24) is 4.98 Å². The van der Waals surface area contributed by atoms with E-state index >= 15 is 0 Å². The van der Waals surface area contributed by atoms with Crippen molar-refractivity contribution in [2.24, 2.45) is 0 Å². The molecular formula is C17H14N2O. The molecule has 3 heteroatoms. The number of hydrogen-bond acceptors (Lipinski definition) is 2. The number of ether oxygens (including phenoxy) is 1. The van der Waals surface area contributed by atoms with E-state index in [1.807, 2.05) is 49.4 Å². The van der Waals surface area contributed by atoms with Crippen molar-refractivity contribution in [2.45, 2.75) is 6.92 Å². The Morgan fingerprint density at radius 2 is 2.00 bits per heavy atom. The van der Waals surface area contributed by atoms with E-state index in [1.54, 1.807) is 7.11 Å². The Labute approximate surface area is 117 Å². The van der Waals surface area contributed by atoms with E-state index < -0.39 is 0 Å². The summed E-state index contributed by atoms with van der Waals surface area (Å²) < 4.78 is 5.25. The molecule has 0 amide bonds. The van der Waals surface area contributed by atoms with Gasteiger partial charge in [0.1, 0.15) is 11.8 Å². The Kier molecular flexibility index (Phi) is 2.92. The normalized spacial score (nSPS) is 10.4. The zero-order valence-electron chi connectivity index (χ0n) is 11.4. The highest BCUT2D eigenvalue weighted by molar-refractivity contribution is 5.94. The van der Waals surface area contributed by atoms with Crippen LogP contribution in [0.3, 0.4) is 0 Å². The lowest BCUT2D eigenvalue weighted by molar-refractivity contribution is 0.415. The summed E-state index contributed by atoms with van der Waals surface area (Å²) in [5.41, 5.74) is 4.59. The SMILES string of the molecule is COc1cccc(-c2[nH]c3ccc(C)cc3c2C#N)c1. The van der Waals surface area contributed by atoms with Crippen LogP contribution < -0.4 is 4.74 Å². The molecule has 0 aliphatic carbocycles. The second-order valence-corrected chi connectivity index (χ2v) is 4.77. The molecule has 0 unspecified atom stereocenters. The molecule has 98 valence electrons. The molecule has 1 N–H and O–H groups in total. The number of aryl methyl sites for hydroxylation is 1. The Balaban J connectivity index is 2.28. The summed E-state index contributed by atoms with van der Waals surface area (Å²) in [5, 5.41) is 10.4. The molecule has 3 rings (SSSR count). The molecule has 1 aromatic heterocycles. The number of hydrogen-bond donors (Lipinski definition) is 1. The van der Waals surface area contributed by atoms with Crippen LogP contribution in [0.15, 0.2) is 42.5 Å². The van der Waals surface area contributed by atoms with Crippen LogP contribution in [-0.2, 0) is 0 Å². The van der Waals surface area contributed by atoms with E-state index in [-0.39, 0.29) is 0 Å². The van der Waals surface area contributed by atoms with Crippen LogP contribution in [0.2, 0.25) is 0 Å². The first-order valence-electron chi connectivity index (χ1n) is 6.40. The fourth-order valence-corrected chi connectivity index (χ4v) is 2.42. The first kappa shape index (κ1) is 12.3. The average molecular weight is 262 g/mol. The lowest BCUT2D eigenvalue weighted by atomic mass is 10.0. The number of fused-ring (bicyclic) bond motifs is 1. The van der Waals surface area contributed by atoms with Gasteiger partial charge in [-0.1, -0.05) is 23.8 Å². The van der Waals surface area contributed by atoms with Gasteiger partial charge in [-0.15, -0.1) is 0 Å². The monoisotopic (exact) mass is 262 g/mol. The van der Waals surface area contributed by atoms with Gasteiger partial charge in [-0.2, -0.15) is 5.26 Å². The number of rotatable bonds is 2. The number of methoxy groups -OCH3 is 1. The molecule has 0 fully saturated rings. The third-order valence-corrected chi connectivity index (χ3v) is 3.42. The third kappa shape index (κ3) is 1.92. The Morgan fingerprint density at radius 3 is 2.75 bits per heavy atom. The number of nitrogens with one attached hydrogen (secondary N) is 1. The van der Waals surface area contributed by atoms with Crippen molar-refractivity contribution < 1.29 is 4.74 Å². The van der Waals surface area contributed by atoms with E-state index in [0.717, 1.165) is 33.5 Å². The molecule has 20 heavy (non-hydrogen) atoms. The first-order valence-corrected chi connectivity index (χ1v) is 6.40. The van der Waals surface area contributed by atoms with Gasteiger partial charge in [0.2, 0.25) is 0 Å². The number of nitrogens with zero attached hydrogens (tertiary/aromatic N) is 1. The van der Waals surface area contributed by atoms with E-state index in [4.69, 9.17) is 4.74 Å². The van der Waals surface area contributed by atoms with Gasteiger partial charge in [0.15, 0.2) is 0 Å². The summed E-state index contributed by atoms with van der Waals surface area (Å²) in [6.45, 7) is 2.03. The summed E-state index contributed by atoms with van der Waals surface area (Å²) in [5.74, 6) is 0.779. The Morgan fingerprint density at radius 1 is 1.15 bits per heavy atom.